The predicted octanol–water partition coefficient (Wildman–Crippen LogP) is 2.62. The fraction of sp³-hybridized carbons (Fsp3) is 0.286. The molecule has 0 radical (unpaired) electrons. The van der Waals surface area contributed by atoms with Crippen molar-refractivity contribution >= 4 is 29.2 Å². The van der Waals surface area contributed by atoms with E-state index in [4.69, 9.17) is 11.6 Å². The van der Waals surface area contributed by atoms with Gasteiger partial charge in [-0.05, 0) is 31.1 Å². The Labute approximate surface area is 116 Å². The number of carbonyl (C=O) groups is 1. The van der Waals surface area contributed by atoms with Crippen molar-refractivity contribution in [3.8, 4) is 0 Å². The maximum atomic E-state index is 12.0. The van der Waals surface area contributed by atoms with Crippen molar-refractivity contribution in [1.29, 1.82) is 0 Å². The number of nitrogens with zero attached hydrogens (tertiary/aromatic N) is 3. The molecule has 0 unspecified atom stereocenters. The van der Waals surface area contributed by atoms with Crippen molar-refractivity contribution in [2.24, 2.45) is 0 Å². The smallest absolute Gasteiger partial charge is 0.246 e. The number of hydrogen-bond donors (Lipinski definition) is 0. The van der Waals surface area contributed by atoms with Crippen LogP contribution in [0.2, 0.25) is 5.15 Å². The minimum atomic E-state index is 0.0412. The van der Waals surface area contributed by atoms with E-state index in [1.165, 1.54) is 0 Å². The van der Waals surface area contributed by atoms with Crippen LogP contribution in [0.25, 0.3) is 11.7 Å². The summed E-state index contributed by atoms with van der Waals surface area (Å²) in [5.41, 5.74) is 1.52. The van der Waals surface area contributed by atoms with Crippen molar-refractivity contribution in [2.75, 3.05) is 13.1 Å². The highest BCUT2D eigenvalue weighted by molar-refractivity contribution is 6.31. The number of likely N-dealkylation sites (tertiary alicyclic amines) is 1. The molecule has 1 saturated heterocycles. The van der Waals surface area contributed by atoms with Gasteiger partial charge in [0.05, 0.1) is 5.69 Å². The van der Waals surface area contributed by atoms with E-state index in [0.717, 1.165) is 37.3 Å². The molecule has 2 aromatic heterocycles. The third-order valence-electron chi connectivity index (χ3n) is 3.32. The van der Waals surface area contributed by atoms with Crippen LogP contribution >= 0.6 is 11.6 Å². The molecular formula is C14H14ClN3O. The highest BCUT2D eigenvalue weighted by atomic mass is 35.5. The van der Waals surface area contributed by atoms with Gasteiger partial charge < -0.3 is 4.90 Å². The van der Waals surface area contributed by atoms with Gasteiger partial charge in [-0.2, -0.15) is 0 Å². The zero-order chi connectivity index (χ0) is 13.2. The summed E-state index contributed by atoms with van der Waals surface area (Å²) in [5.74, 6) is 0.0412. The third kappa shape index (κ3) is 2.36. The lowest BCUT2D eigenvalue weighted by molar-refractivity contribution is -0.124. The Morgan fingerprint density at radius 2 is 2.11 bits per heavy atom. The molecule has 0 N–H and O–H groups in total. The van der Waals surface area contributed by atoms with E-state index in [2.05, 4.69) is 4.98 Å². The maximum Gasteiger partial charge on any atom is 0.246 e. The van der Waals surface area contributed by atoms with Crippen LogP contribution in [0.5, 0.6) is 0 Å². The van der Waals surface area contributed by atoms with Crippen LogP contribution in [-0.2, 0) is 4.79 Å². The summed E-state index contributed by atoms with van der Waals surface area (Å²) in [6, 6.07) is 5.69. The second-order valence-corrected chi connectivity index (χ2v) is 4.94. The lowest BCUT2D eigenvalue weighted by Gasteiger charge is -2.11. The first kappa shape index (κ1) is 12.2. The summed E-state index contributed by atoms with van der Waals surface area (Å²) >= 11 is 6.10. The number of hydrogen-bond acceptors (Lipinski definition) is 2. The van der Waals surface area contributed by atoms with Gasteiger partial charge in [0.1, 0.15) is 5.65 Å². The lowest BCUT2D eigenvalue weighted by Crippen LogP contribution is -2.25. The molecule has 0 bridgehead atoms. The second kappa shape index (κ2) is 5.05. The molecule has 2 aromatic rings. The largest absolute Gasteiger partial charge is 0.339 e. The third-order valence-corrected chi connectivity index (χ3v) is 3.60. The number of carbonyl (C=O) groups excluding carboxylic acids is 1. The highest BCUT2D eigenvalue weighted by Gasteiger charge is 2.15. The summed E-state index contributed by atoms with van der Waals surface area (Å²) in [6.07, 6.45) is 7.39. The molecule has 0 aliphatic carbocycles. The molecule has 1 amide bonds. The Bertz CT molecular complexity index is 641. The van der Waals surface area contributed by atoms with Gasteiger partial charge in [0.15, 0.2) is 5.15 Å². The summed E-state index contributed by atoms with van der Waals surface area (Å²) in [4.78, 5) is 18.0. The molecule has 0 aromatic carbocycles. The van der Waals surface area contributed by atoms with Crippen LogP contribution in [0.3, 0.4) is 0 Å². The molecular weight excluding hydrogens is 262 g/mol. The Kier molecular flexibility index (Phi) is 3.25. The lowest BCUT2D eigenvalue weighted by atomic mass is 10.3. The van der Waals surface area contributed by atoms with Gasteiger partial charge in [-0.15, -0.1) is 0 Å². The van der Waals surface area contributed by atoms with Crippen molar-refractivity contribution in [2.45, 2.75) is 12.8 Å². The van der Waals surface area contributed by atoms with Crippen molar-refractivity contribution in [3.05, 3.63) is 41.3 Å². The number of fused-ring (bicyclic) bond motifs is 1. The van der Waals surface area contributed by atoms with E-state index < -0.39 is 0 Å². The van der Waals surface area contributed by atoms with Crippen LogP contribution in [0, 0.1) is 0 Å². The van der Waals surface area contributed by atoms with E-state index in [0.29, 0.717) is 5.15 Å². The van der Waals surface area contributed by atoms with Crippen molar-refractivity contribution in [3.63, 3.8) is 0 Å². The number of aromatic nitrogens is 2. The molecule has 98 valence electrons. The quantitative estimate of drug-likeness (QED) is 0.790. The molecule has 3 heterocycles. The van der Waals surface area contributed by atoms with E-state index in [9.17, 15) is 4.79 Å². The van der Waals surface area contributed by atoms with Crippen molar-refractivity contribution in [1.82, 2.24) is 14.3 Å². The molecule has 0 saturated carbocycles. The molecule has 1 aliphatic heterocycles. The molecule has 0 spiro atoms. The van der Waals surface area contributed by atoms with Crippen LogP contribution < -0.4 is 0 Å². The maximum absolute atomic E-state index is 12.0. The standard InChI is InChI=1S/C14H14ClN3O/c15-14-11(18-10-2-1-5-12(18)16-14)6-7-13(19)17-8-3-4-9-17/h1-2,5-7,10H,3-4,8-9H2. The molecule has 19 heavy (non-hydrogen) atoms. The summed E-state index contributed by atoms with van der Waals surface area (Å²) < 4.78 is 1.87. The van der Waals surface area contributed by atoms with E-state index in [1.807, 2.05) is 33.7 Å². The highest BCUT2D eigenvalue weighted by Crippen LogP contribution is 2.19. The van der Waals surface area contributed by atoms with Crippen molar-refractivity contribution < 1.29 is 4.79 Å². The number of imidazole rings is 1. The van der Waals surface area contributed by atoms with Gasteiger partial charge in [0.25, 0.3) is 0 Å². The summed E-state index contributed by atoms with van der Waals surface area (Å²) in [5, 5.41) is 0.414. The first-order chi connectivity index (χ1) is 9.25. The van der Waals surface area contributed by atoms with Gasteiger partial charge in [-0.1, -0.05) is 17.7 Å². The van der Waals surface area contributed by atoms with Crippen LogP contribution in [0.15, 0.2) is 30.5 Å². The molecule has 5 heteroatoms. The summed E-state index contributed by atoms with van der Waals surface area (Å²) in [6.45, 7) is 1.70. The van der Waals surface area contributed by atoms with Gasteiger partial charge in [0, 0.05) is 25.4 Å². The number of rotatable bonds is 2. The average molecular weight is 276 g/mol. The molecule has 1 aliphatic rings. The van der Waals surface area contributed by atoms with Gasteiger partial charge in [0.2, 0.25) is 5.91 Å². The SMILES string of the molecule is O=C(C=Cc1c(Cl)nc2ccccn12)N1CCCC1. The fourth-order valence-electron chi connectivity index (χ4n) is 2.33. The fourth-order valence-corrected chi connectivity index (χ4v) is 2.57. The number of halogens is 1. The van der Waals surface area contributed by atoms with E-state index in [1.54, 1.807) is 12.2 Å². The Morgan fingerprint density at radius 1 is 1.32 bits per heavy atom. The van der Waals surface area contributed by atoms with E-state index in [-0.39, 0.29) is 5.91 Å². The topological polar surface area (TPSA) is 37.6 Å². The second-order valence-electron chi connectivity index (χ2n) is 4.58. The van der Waals surface area contributed by atoms with Gasteiger partial charge in [-0.3, -0.25) is 9.20 Å². The first-order valence-corrected chi connectivity index (χ1v) is 6.73. The summed E-state index contributed by atoms with van der Waals surface area (Å²) in [7, 11) is 0. The van der Waals surface area contributed by atoms with Crippen LogP contribution in [0.4, 0.5) is 0 Å². The minimum Gasteiger partial charge on any atom is -0.339 e. The Balaban J connectivity index is 1.88. The van der Waals surface area contributed by atoms with Gasteiger partial charge in [-0.25, -0.2) is 4.98 Å². The Morgan fingerprint density at radius 3 is 2.89 bits per heavy atom. The monoisotopic (exact) mass is 275 g/mol. The van der Waals surface area contributed by atoms with E-state index >= 15 is 0 Å². The average Bonchev–Trinajstić information content (AvgIpc) is 3.03. The number of amides is 1. The van der Waals surface area contributed by atoms with Crippen LogP contribution in [0.1, 0.15) is 18.5 Å². The van der Waals surface area contributed by atoms with Gasteiger partial charge >= 0.3 is 0 Å². The zero-order valence-corrected chi connectivity index (χ0v) is 11.2. The molecule has 3 rings (SSSR count). The predicted molar refractivity (Wildman–Crippen MR) is 75.1 cm³/mol. The molecule has 1 fully saturated rings. The normalized spacial score (nSPS) is 15.7. The van der Waals surface area contributed by atoms with Crippen LogP contribution in [-0.4, -0.2) is 33.3 Å². The first-order valence-electron chi connectivity index (χ1n) is 6.35. The Hall–Kier alpha value is -1.81. The minimum absolute atomic E-state index is 0.0412. The molecule has 0 atom stereocenters. The zero-order valence-electron chi connectivity index (χ0n) is 10.4. The number of pyridine rings is 1. The molecule has 4 nitrogen and oxygen atoms in total.